The Hall–Kier alpha value is -2.24. The zero-order valence-corrected chi connectivity index (χ0v) is 9.67. The molecule has 0 radical (unpaired) electrons. The summed E-state index contributed by atoms with van der Waals surface area (Å²) in [6.07, 6.45) is 0.344. The highest BCUT2D eigenvalue weighted by Gasteiger charge is 2.11. The number of carboxylic acid groups (broad SMARTS) is 1. The largest absolute Gasteiger partial charge is 0.481 e. The average Bonchev–Trinajstić information content (AvgIpc) is 2.28. The summed E-state index contributed by atoms with van der Waals surface area (Å²) >= 11 is 0. The average molecular weight is 251 g/mol. The van der Waals surface area contributed by atoms with Gasteiger partial charge >= 0.3 is 5.97 Å². The maximum atomic E-state index is 11.5. The summed E-state index contributed by atoms with van der Waals surface area (Å²) < 4.78 is 0. The number of carboxylic acids is 1. The molecule has 0 bridgehead atoms. The van der Waals surface area contributed by atoms with E-state index >= 15 is 0 Å². The molecule has 0 unspecified atom stereocenters. The molecule has 0 fully saturated rings. The van der Waals surface area contributed by atoms with E-state index in [0.29, 0.717) is 18.4 Å². The lowest BCUT2D eigenvalue weighted by Gasteiger charge is -2.02. The summed E-state index contributed by atoms with van der Waals surface area (Å²) in [5.74, 6) is -1.63. The molecule has 0 heterocycles. The van der Waals surface area contributed by atoms with Crippen molar-refractivity contribution >= 4 is 11.8 Å². The number of Topliss-reactive ketones (excluding diaryl/α,β-unsaturated/α-hetero) is 1. The van der Waals surface area contributed by atoms with Gasteiger partial charge in [-0.3, -0.25) is 19.7 Å². The first-order valence-corrected chi connectivity index (χ1v) is 5.45. The van der Waals surface area contributed by atoms with E-state index in [2.05, 4.69) is 0 Å². The van der Waals surface area contributed by atoms with Gasteiger partial charge in [0.05, 0.1) is 0 Å². The minimum absolute atomic E-state index is 0.118. The van der Waals surface area contributed by atoms with Crippen molar-refractivity contribution in [2.45, 2.75) is 19.3 Å². The molecule has 18 heavy (non-hydrogen) atoms. The lowest BCUT2D eigenvalue weighted by molar-refractivity contribution is -0.480. The Bertz CT molecular complexity index is 469. The first-order chi connectivity index (χ1) is 8.49. The third-order valence-corrected chi connectivity index (χ3v) is 2.37. The van der Waals surface area contributed by atoms with Crippen molar-refractivity contribution < 1.29 is 19.6 Å². The molecule has 0 aliphatic carbocycles. The molecule has 6 nitrogen and oxygen atoms in total. The zero-order valence-electron chi connectivity index (χ0n) is 9.67. The first-order valence-electron chi connectivity index (χ1n) is 5.45. The van der Waals surface area contributed by atoms with Crippen LogP contribution in [0.2, 0.25) is 0 Å². The van der Waals surface area contributed by atoms with Crippen LogP contribution in [0.15, 0.2) is 24.3 Å². The number of aryl methyl sites for hydroxylation is 1. The molecule has 0 aromatic heterocycles. The van der Waals surface area contributed by atoms with Gasteiger partial charge in [-0.15, -0.1) is 0 Å². The standard InChI is InChI=1S/C12H13NO5/c14-11(8-12(15)16)10-5-1-3-9(7-10)4-2-6-13(17)18/h1,3,5,7H,2,4,6,8H2,(H,15,16). The van der Waals surface area contributed by atoms with Gasteiger partial charge in [0.2, 0.25) is 6.54 Å². The van der Waals surface area contributed by atoms with Gasteiger partial charge in [0, 0.05) is 16.9 Å². The second-order valence-electron chi connectivity index (χ2n) is 3.85. The molecular formula is C12H13NO5. The van der Waals surface area contributed by atoms with Crippen LogP contribution in [-0.4, -0.2) is 28.3 Å². The second kappa shape index (κ2) is 6.48. The lowest BCUT2D eigenvalue weighted by atomic mass is 10.0. The number of ketones is 1. The Balaban J connectivity index is 2.64. The first kappa shape index (κ1) is 13.8. The van der Waals surface area contributed by atoms with Crippen LogP contribution in [0, 0.1) is 10.1 Å². The van der Waals surface area contributed by atoms with Gasteiger partial charge in [-0.05, 0) is 18.1 Å². The van der Waals surface area contributed by atoms with E-state index in [1.54, 1.807) is 24.3 Å². The molecule has 0 aliphatic heterocycles. The minimum atomic E-state index is -1.17. The molecule has 0 saturated carbocycles. The molecule has 0 aliphatic rings. The van der Waals surface area contributed by atoms with Gasteiger partial charge < -0.3 is 5.11 Å². The lowest BCUT2D eigenvalue weighted by Crippen LogP contribution is -2.07. The van der Waals surface area contributed by atoms with Gasteiger partial charge in [-0.2, -0.15) is 0 Å². The molecule has 1 aromatic carbocycles. The van der Waals surface area contributed by atoms with Gasteiger partial charge in [-0.25, -0.2) is 0 Å². The van der Waals surface area contributed by atoms with Gasteiger partial charge in [0.1, 0.15) is 6.42 Å². The van der Waals surface area contributed by atoms with Crippen molar-refractivity contribution in [2.75, 3.05) is 6.54 Å². The molecule has 0 saturated heterocycles. The Kier molecular flexibility index (Phi) is 4.98. The minimum Gasteiger partial charge on any atom is -0.481 e. The van der Waals surface area contributed by atoms with Crippen molar-refractivity contribution in [3.8, 4) is 0 Å². The number of nitro groups is 1. The van der Waals surface area contributed by atoms with Crippen LogP contribution in [-0.2, 0) is 11.2 Å². The molecule has 0 atom stereocenters. The summed E-state index contributed by atoms with van der Waals surface area (Å²) in [7, 11) is 0. The fourth-order valence-corrected chi connectivity index (χ4v) is 1.55. The molecule has 0 spiro atoms. The van der Waals surface area contributed by atoms with Crippen LogP contribution in [0.1, 0.15) is 28.8 Å². The van der Waals surface area contributed by atoms with Crippen molar-refractivity contribution in [1.29, 1.82) is 0 Å². The van der Waals surface area contributed by atoms with Crippen molar-refractivity contribution in [1.82, 2.24) is 0 Å². The summed E-state index contributed by atoms with van der Waals surface area (Å²) in [6, 6.07) is 6.54. The van der Waals surface area contributed by atoms with E-state index < -0.39 is 18.2 Å². The van der Waals surface area contributed by atoms with Crippen molar-refractivity contribution in [3.63, 3.8) is 0 Å². The predicted molar refractivity (Wildman–Crippen MR) is 63.2 cm³/mol. The van der Waals surface area contributed by atoms with Gasteiger partial charge in [0.25, 0.3) is 0 Å². The van der Waals surface area contributed by atoms with Crippen LogP contribution < -0.4 is 0 Å². The molecule has 6 heteroatoms. The van der Waals surface area contributed by atoms with Crippen LogP contribution in [0.4, 0.5) is 0 Å². The maximum Gasteiger partial charge on any atom is 0.311 e. The highest BCUT2D eigenvalue weighted by molar-refractivity contribution is 6.05. The number of benzene rings is 1. The third-order valence-electron chi connectivity index (χ3n) is 2.37. The predicted octanol–water partition coefficient (Wildman–Crippen LogP) is 1.55. The normalized spacial score (nSPS) is 10.0. The maximum absolute atomic E-state index is 11.5. The van der Waals surface area contributed by atoms with E-state index in [1.165, 1.54) is 0 Å². The van der Waals surface area contributed by atoms with Crippen molar-refractivity contribution in [3.05, 3.63) is 45.5 Å². The quantitative estimate of drug-likeness (QED) is 0.343. The van der Waals surface area contributed by atoms with Crippen LogP contribution >= 0.6 is 0 Å². The van der Waals surface area contributed by atoms with Gasteiger partial charge in [-0.1, -0.05) is 18.2 Å². The van der Waals surface area contributed by atoms with E-state index in [1.807, 2.05) is 0 Å². The van der Waals surface area contributed by atoms with Crippen LogP contribution in [0.5, 0.6) is 0 Å². The fourth-order valence-electron chi connectivity index (χ4n) is 1.55. The smallest absolute Gasteiger partial charge is 0.311 e. The highest BCUT2D eigenvalue weighted by Crippen LogP contribution is 2.10. The number of rotatable bonds is 7. The van der Waals surface area contributed by atoms with Crippen molar-refractivity contribution in [2.24, 2.45) is 0 Å². The number of nitrogens with zero attached hydrogens (tertiary/aromatic N) is 1. The summed E-state index contributed by atoms with van der Waals surface area (Å²) in [6.45, 7) is -0.118. The second-order valence-corrected chi connectivity index (χ2v) is 3.85. The Morgan fingerprint density at radius 2 is 2.06 bits per heavy atom. The van der Waals surface area contributed by atoms with Crippen LogP contribution in [0.3, 0.4) is 0 Å². The van der Waals surface area contributed by atoms with E-state index in [9.17, 15) is 19.7 Å². The summed E-state index contributed by atoms with van der Waals surface area (Å²) in [5.41, 5.74) is 1.13. The Morgan fingerprint density at radius 3 is 2.67 bits per heavy atom. The topological polar surface area (TPSA) is 97.5 Å². The number of hydrogen-bond acceptors (Lipinski definition) is 4. The fraction of sp³-hybridized carbons (Fsp3) is 0.333. The van der Waals surface area contributed by atoms with E-state index in [4.69, 9.17) is 5.11 Å². The number of carbonyl (C=O) groups excluding carboxylic acids is 1. The Morgan fingerprint density at radius 1 is 1.33 bits per heavy atom. The molecule has 1 rings (SSSR count). The molecular weight excluding hydrogens is 238 g/mol. The number of carbonyl (C=O) groups is 2. The summed E-state index contributed by atoms with van der Waals surface area (Å²) in [4.78, 5) is 31.7. The highest BCUT2D eigenvalue weighted by atomic mass is 16.6. The number of hydrogen-bond donors (Lipinski definition) is 1. The monoisotopic (exact) mass is 251 g/mol. The molecule has 1 aromatic rings. The van der Waals surface area contributed by atoms with E-state index in [0.717, 1.165) is 5.56 Å². The zero-order chi connectivity index (χ0) is 13.5. The van der Waals surface area contributed by atoms with Crippen LogP contribution in [0.25, 0.3) is 0 Å². The van der Waals surface area contributed by atoms with Gasteiger partial charge in [0.15, 0.2) is 5.78 Å². The molecule has 1 N–H and O–H groups in total. The number of aliphatic carboxylic acids is 1. The van der Waals surface area contributed by atoms with E-state index in [-0.39, 0.29) is 11.5 Å². The summed E-state index contributed by atoms with van der Waals surface area (Å²) in [5, 5.41) is 18.7. The SMILES string of the molecule is O=C(O)CC(=O)c1cccc(CCC[N+](=O)[O-])c1. The molecule has 96 valence electrons. The molecule has 0 amide bonds. The third kappa shape index (κ3) is 4.73. The Labute approximate surface area is 103 Å².